The molecule has 1 N–H and O–H groups in total. The fourth-order valence-electron chi connectivity index (χ4n) is 3.79. The molecule has 3 heterocycles. The van der Waals surface area contributed by atoms with Gasteiger partial charge in [0.15, 0.2) is 0 Å². The SMILES string of the molecule is C=CC(=O)N(C)c1cccc(-c2c(SI)[nH]c3ncc(-c4cnn(C)c4C)c(C)c23)c1. The van der Waals surface area contributed by atoms with Crippen LogP contribution < -0.4 is 4.90 Å². The van der Waals surface area contributed by atoms with E-state index in [1.54, 1.807) is 20.9 Å². The van der Waals surface area contributed by atoms with Crippen LogP contribution in [0, 0.1) is 13.8 Å². The number of pyridine rings is 1. The number of hydrogen-bond donors (Lipinski definition) is 1. The maximum absolute atomic E-state index is 12.1. The van der Waals surface area contributed by atoms with E-state index in [0.717, 1.165) is 55.3 Å². The molecule has 0 spiro atoms. The molecular formula is C23H22IN5OS. The van der Waals surface area contributed by atoms with E-state index in [1.165, 1.54) is 6.08 Å². The van der Waals surface area contributed by atoms with Gasteiger partial charge in [0.2, 0.25) is 5.91 Å². The Bertz CT molecular complexity index is 1320. The van der Waals surface area contributed by atoms with Crippen molar-refractivity contribution in [2.45, 2.75) is 18.9 Å². The number of aromatic nitrogens is 4. The second-order valence-corrected chi connectivity index (χ2v) is 9.23. The summed E-state index contributed by atoms with van der Waals surface area (Å²) >= 11 is 2.29. The van der Waals surface area contributed by atoms with Crippen LogP contribution in [0.1, 0.15) is 11.3 Å². The van der Waals surface area contributed by atoms with Gasteiger partial charge in [-0.1, -0.05) is 18.7 Å². The van der Waals surface area contributed by atoms with Crippen LogP contribution >= 0.6 is 30.1 Å². The molecule has 1 amide bonds. The van der Waals surface area contributed by atoms with Crippen molar-refractivity contribution in [2.24, 2.45) is 7.05 Å². The smallest absolute Gasteiger partial charge is 0.250 e. The van der Waals surface area contributed by atoms with Gasteiger partial charge in [0.05, 0.1) is 11.2 Å². The van der Waals surface area contributed by atoms with Crippen molar-refractivity contribution in [3.63, 3.8) is 0 Å². The Morgan fingerprint density at radius 3 is 2.71 bits per heavy atom. The van der Waals surface area contributed by atoms with E-state index in [9.17, 15) is 4.79 Å². The minimum Gasteiger partial charge on any atom is -0.333 e. The number of rotatable bonds is 5. The third-order valence-corrected chi connectivity index (χ3v) is 7.46. The summed E-state index contributed by atoms with van der Waals surface area (Å²) in [5.41, 5.74) is 8.15. The lowest BCUT2D eigenvalue weighted by Gasteiger charge is -2.16. The molecule has 0 radical (unpaired) electrons. The van der Waals surface area contributed by atoms with Gasteiger partial charge in [0.1, 0.15) is 5.65 Å². The summed E-state index contributed by atoms with van der Waals surface area (Å²) < 4.78 is 1.87. The van der Waals surface area contributed by atoms with Gasteiger partial charge in [-0.05, 0) is 52.1 Å². The molecule has 4 rings (SSSR count). The van der Waals surface area contributed by atoms with E-state index >= 15 is 0 Å². The molecule has 0 bridgehead atoms. The van der Waals surface area contributed by atoms with E-state index in [0.29, 0.717) is 0 Å². The molecular weight excluding hydrogens is 521 g/mol. The first-order chi connectivity index (χ1) is 14.9. The van der Waals surface area contributed by atoms with Crippen LogP contribution in [0.2, 0.25) is 0 Å². The Morgan fingerprint density at radius 2 is 2.06 bits per heavy atom. The number of aryl methyl sites for hydroxylation is 2. The van der Waals surface area contributed by atoms with Gasteiger partial charge in [0.25, 0.3) is 0 Å². The second kappa shape index (κ2) is 8.51. The average Bonchev–Trinajstić information content (AvgIpc) is 3.33. The maximum Gasteiger partial charge on any atom is 0.250 e. The highest BCUT2D eigenvalue weighted by Crippen LogP contribution is 2.43. The van der Waals surface area contributed by atoms with Crippen molar-refractivity contribution in [1.82, 2.24) is 19.7 Å². The molecule has 0 saturated carbocycles. The summed E-state index contributed by atoms with van der Waals surface area (Å²) in [5.74, 6) is -0.147. The number of carbonyl (C=O) groups is 1. The highest BCUT2D eigenvalue weighted by molar-refractivity contribution is 14.2. The van der Waals surface area contributed by atoms with Crippen LogP contribution in [-0.2, 0) is 11.8 Å². The molecule has 158 valence electrons. The van der Waals surface area contributed by atoms with Crippen LogP contribution in [0.15, 0.2) is 54.3 Å². The molecule has 0 fully saturated rings. The predicted molar refractivity (Wildman–Crippen MR) is 137 cm³/mol. The molecule has 0 aliphatic heterocycles. The zero-order chi connectivity index (χ0) is 22.3. The summed E-state index contributed by atoms with van der Waals surface area (Å²) in [5, 5.41) is 6.51. The van der Waals surface area contributed by atoms with Crippen LogP contribution in [-0.4, -0.2) is 32.7 Å². The molecule has 0 aliphatic rings. The van der Waals surface area contributed by atoms with E-state index < -0.39 is 0 Å². The third-order valence-electron chi connectivity index (χ3n) is 5.68. The van der Waals surface area contributed by atoms with Crippen LogP contribution in [0.3, 0.4) is 0 Å². The van der Waals surface area contributed by atoms with E-state index in [-0.39, 0.29) is 5.91 Å². The summed E-state index contributed by atoms with van der Waals surface area (Å²) in [7, 11) is 5.32. The fourth-order valence-corrected chi connectivity index (χ4v) is 5.21. The Balaban J connectivity index is 1.96. The number of nitrogens with zero attached hydrogens (tertiary/aromatic N) is 4. The number of carbonyl (C=O) groups excluding carboxylic acids is 1. The average molecular weight is 543 g/mol. The highest BCUT2D eigenvalue weighted by atomic mass is 127. The Kier molecular flexibility index (Phi) is 5.94. The number of anilines is 1. The zero-order valence-corrected chi connectivity index (χ0v) is 20.7. The van der Waals surface area contributed by atoms with Gasteiger partial charge in [-0.3, -0.25) is 9.48 Å². The summed E-state index contributed by atoms with van der Waals surface area (Å²) in [4.78, 5) is 21.9. The summed E-state index contributed by atoms with van der Waals surface area (Å²) in [6.07, 6.45) is 5.12. The number of aromatic amines is 1. The number of likely N-dealkylation sites (N-methyl/N-ethyl adjacent to an activating group) is 1. The Morgan fingerprint density at radius 1 is 1.29 bits per heavy atom. The van der Waals surface area contributed by atoms with Crippen molar-refractivity contribution < 1.29 is 4.79 Å². The first-order valence-electron chi connectivity index (χ1n) is 9.66. The van der Waals surface area contributed by atoms with Gasteiger partial charge in [-0.15, -0.1) is 0 Å². The monoisotopic (exact) mass is 543 g/mol. The molecule has 1 aromatic carbocycles. The minimum atomic E-state index is -0.147. The van der Waals surface area contributed by atoms with E-state index in [1.807, 2.05) is 42.3 Å². The summed E-state index contributed by atoms with van der Waals surface area (Å²) in [6, 6.07) is 7.99. The van der Waals surface area contributed by atoms with Crippen molar-refractivity contribution in [2.75, 3.05) is 11.9 Å². The lowest BCUT2D eigenvalue weighted by atomic mass is 9.97. The van der Waals surface area contributed by atoms with Gasteiger partial charge in [-0.2, -0.15) is 5.10 Å². The van der Waals surface area contributed by atoms with E-state index in [4.69, 9.17) is 4.98 Å². The van der Waals surface area contributed by atoms with Crippen molar-refractivity contribution in [1.29, 1.82) is 0 Å². The first kappa shape index (κ1) is 21.6. The first-order valence-corrected chi connectivity index (χ1v) is 13.0. The van der Waals surface area contributed by atoms with Crippen molar-refractivity contribution in [3.8, 4) is 22.3 Å². The minimum absolute atomic E-state index is 0.147. The molecule has 31 heavy (non-hydrogen) atoms. The van der Waals surface area contributed by atoms with Crippen molar-refractivity contribution >= 4 is 52.8 Å². The number of nitrogens with one attached hydrogen (secondary N) is 1. The lowest BCUT2D eigenvalue weighted by molar-refractivity contribution is -0.113. The topological polar surface area (TPSA) is 66.8 Å². The molecule has 0 unspecified atom stereocenters. The number of amides is 1. The van der Waals surface area contributed by atoms with Crippen LogP contribution in [0.25, 0.3) is 33.3 Å². The molecule has 3 aromatic heterocycles. The Labute approximate surface area is 197 Å². The fraction of sp³-hybridized carbons (Fsp3) is 0.174. The predicted octanol–water partition coefficient (Wildman–Crippen LogP) is 5.84. The standard InChI is InChI=1S/C23H22IN5OS/c1-6-19(30)28(4)16-9-7-8-15(10-16)21-20-13(2)17(18-12-26-29(5)14(18)3)11-25-22(20)27-23(21)31-24/h6-12H,1H2,2-5H3,(H,25,27). The van der Waals surface area contributed by atoms with Gasteiger partial charge >= 0.3 is 0 Å². The van der Waals surface area contributed by atoms with Crippen LogP contribution in [0.4, 0.5) is 5.69 Å². The van der Waals surface area contributed by atoms with E-state index in [2.05, 4.69) is 57.8 Å². The molecule has 0 aliphatic carbocycles. The lowest BCUT2D eigenvalue weighted by Crippen LogP contribution is -2.23. The molecule has 0 saturated heterocycles. The number of halogens is 1. The molecule has 8 heteroatoms. The number of H-pyrrole nitrogens is 1. The van der Waals surface area contributed by atoms with Gasteiger partial charge in [0, 0.05) is 75.0 Å². The zero-order valence-electron chi connectivity index (χ0n) is 17.7. The Hall–Kier alpha value is -2.59. The molecule has 0 atom stereocenters. The largest absolute Gasteiger partial charge is 0.333 e. The highest BCUT2D eigenvalue weighted by Gasteiger charge is 2.21. The van der Waals surface area contributed by atoms with Gasteiger partial charge in [-0.25, -0.2) is 4.98 Å². The third kappa shape index (κ3) is 3.67. The number of hydrogen-bond acceptors (Lipinski definition) is 4. The number of fused-ring (bicyclic) bond motifs is 1. The quantitative estimate of drug-likeness (QED) is 0.254. The number of benzene rings is 1. The normalized spacial score (nSPS) is 11.1. The van der Waals surface area contributed by atoms with Crippen LogP contribution in [0.5, 0.6) is 0 Å². The molecule has 4 aromatic rings. The maximum atomic E-state index is 12.1. The van der Waals surface area contributed by atoms with Gasteiger partial charge < -0.3 is 9.88 Å². The summed E-state index contributed by atoms with van der Waals surface area (Å²) in [6.45, 7) is 7.78. The second-order valence-electron chi connectivity index (χ2n) is 7.35. The van der Waals surface area contributed by atoms with Crippen molar-refractivity contribution in [3.05, 3.63) is 60.6 Å². The molecule has 6 nitrogen and oxygen atoms in total.